The van der Waals surface area contributed by atoms with Gasteiger partial charge in [0.15, 0.2) is 23.3 Å². The summed E-state index contributed by atoms with van der Waals surface area (Å²) in [6, 6.07) is 7.15. The SMILES string of the molecule is CC(=O)Nc1cnc(-c2cc(-c3ccon3)n(Cc3cccc(F)c3F)n2)nc1N. The number of amides is 1. The van der Waals surface area contributed by atoms with Gasteiger partial charge < -0.3 is 15.6 Å². The van der Waals surface area contributed by atoms with Gasteiger partial charge in [0.2, 0.25) is 5.91 Å². The first kappa shape index (κ1) is 19.2. The molecule has 0 atom stereocenters. The maximum absolute atomic E-state index is 14.2. The minimum atomic E-state index is -0.958. The summed E-state index contributed by atoms with van der Waals surface area (Å²) in [6.45, 7) is 1.27. The minimum Gasteiger partial charge on any atom is -0.382 e. The molecule has 0 saturated heterocycles. The highest BCUT2D eigenvalue weighted by Gasteiger charge is 2.18. The first-order chi connectivity index (χ1) is 14.4. The molecule has 3 aromatic heterocycles. The molecule has 4 rings (SSSR count). The molecule has 0 unspecified atom stereocenters. The van der Waals surface area contributed by atoms with Crippen LogP contribution in [0.25, 0.3) is 22.9 Å². The molecule has 30 heavy (non-hydrogen) atoms. The van der Waals surface area contributed by atoms with E-state index in [-0.39, 0.29) is 35.3 Å². The number of nitrogens with zero attached hydrogens (tertiary/aromatic N) is 5. The molecule has 152 valence electrons. The van der Waals surface area contributed by atoms with Crippen molar-refractivity contribution in [3.05, 3.63) is 60.0 Å². The van der Waals surface area contributed by atoms with Crippen molar-refractivity contribution in [2.24, 2.45) is 0 Å². The largest absolute Gasteiger partial charge is 0.382 e. The predicted molar refractivity (Wildman–Crippen MR) is 103 cm³/mol. The molecule has 1 aromatic carbocycles. The number of anilines is 2. The second kappa shape index (κ2) is 7.70. The summed E-state index contributed by atoms with van der Waals surface area (Å²) in [4.78, 5) is 19.6. The topological polar surface area (TPSA) is 125 Å². The Morgan fingerprint density at radius 2 is 2.10 bits per heavy atom. The van der Waals surface area contributed by atoms with Gasteiger partial charge in [0, 0.05) is 18.6 Å². The molecule has 11 heteroatoms. The monoisotopic (exact) mass is 411 g/mol. The first-order valence-electron chi connectivity index (χ1n) is 8.74. The third-order valence-corrected chi connectivity index (χ3v) is 4.19. The van der Waals surface area contributed by atoms with Crippen molar-refractivity contribution in [1.82, 2.24) is 24.9 Å². The molecule has 4 aromatic rings. The van der Waals surface area contributed by atoms with Crippen LogP contribution in [0.3, 0.4) is 0 Å². The molecule has 0 fully saturated rings. The number of nitrogens with two attached hydrogens (primary N) is 1. The van der Waals surface area contributed by atoms with Crippen LogP contribution in [0, 0.1) is 11.6 Å². The maximum Gasteiger partial charge on any atom is 0.221 e. The number of carbonyl (C=O) groups excluding carboxylic acids is 1. The van der Waals surface area contributed by atoms with Crippen molar-refractivity contribution in [2.45, 2.75) is 13.5 Å². The molecule has 0 saturated carbocycles. The van der Waals surface area contributed by atoms with E-state index in [2.05, 4.69) is 25.5 Å². The van der Waals surface area contributed by atoms with Crippen LogP contribution in [0.4, 0.5) is 20.3 Å². The Kier molecular flexibility index (Phi) is 4.92. The Bertz CT molecular complexity index is 1220. The summed E-state index contributed by atoms with van der Waals surface area (Å²) in [5.41, 5.74) is 7.51. The van der Waals surface area contributed by atoms with E-state index in [0.717, 1.165) is 6.07 Å². The van der Waals surface area contributed by atoms with Gasteiger partial charge in [0.1, 0.15) is 23.3 Å². The van der Waals surface area contributed by atoms with Gasteiger partial charge in [-0.05, 0) is 12.1 Å². The average molecular weight is 411 g/mol. The molecule has 0 aliphatic carbocycles. The number of aromatic nitrogens is 5. The van der Waals surface area contributed by atoms with Crippen LogP contribution < -0.4 is 11.1 Å². The summed E-state index contributed by atoms with van der Waals surface area (Å²) in [7, 11) is 0. The number of hydrogen-bond acceptors (Lipinski definition) is 7. The molecule has 3 heterocycles. The molecule has 0 spiro atoms. The normalized spacial score (nSPS) is 10.9. The molecule has 0 bridgehead atoms. The van der Waals surface area contributed by atoms with E-state index in [1.165, 1.54) is 36.2 Å². The average Bonchev–Trinajstić information content (AvgIpc) is 3.36. The molecular weight excluding hydrogens is 396 g/mol. The fourth-order valence-corrected chi connectivity index (χ4v) is 2.83. The predicted octanol–water partition coefficient (Wildman–Crippen LogP) is 2.86. The summed E-state index contributed by atoms with van der Waals surface area (Å²) in [5.74, 6) is -1.98. The van der Waals surface area contributed by atoms with Gasteiger partial charge in [-0.25, -0.2) is 18.7 Å². The molecule has 0 aliphatic heterocycles. The lowest BCUT2D eigenvalue weighted by molar-refractivity contribution is -0.114. The van der Waals surface area contributed by atoms with Crippen LogP contribution in [0.15, 0.2) is 47.3 Å². The van der Waals surface area contributed by atoms with Crippen molar-refractivity contribution in [3.8, 4) is 22.9 Å². The smallest absolute Gasteiger partial charge is 0.221 e. The number of carbonyl (C=O) groups is 1. The number of halogens is 2. The number of nitrogen functional groups attached to an aromatic ring is 1. The zero-order chi connectivity index (χ0) is 21.3. The zero-order valence-electron chi connectivity index (χ0n) is 15.6. The highest BCUT2D eigenvalue weighted by Crippen LogP contribution is 2.26. The van der Waals surface area contributed by atoms with E-state index in [1.807, 2.05) is 0 Å². The van der Waals surface area contributed by atoms with E-state index < -0.39 is 11.6 Å². The number of nitrogens with one attached hydrogen (secondary N) is 1. The molecule has 9 nitrogen and oxygen atoms in total. The number of rotatable bonds is 5. The van der Waals surface area contributed by atoms with Gasteiger partial charge in [-0.3, -0.25) is 9.48 Å². The van der Waals surface area contributed by atoms with Gasteiger partial charge in [-0.15, -0.1) is 0 Å². The van der Waals surface area contributed by atoms with E-state index in [9.17, 15) is 13.6 Å². The molecular formula is C19H15F2N7O2. The van der Waals surface area contributed by atoms with Gasteiger partial charge in [-0.2, -0.15) is 5.10 Å². The summed E-state index contributed by atoms with van der Waals surface area (Å²) in [6.07, 6.45) is 2.74. The van der Waals surface area contributed by atoms with Crippen molar-refractivity contribution in [2.75, 3.05) is 11.1 Å². The lowest BCUT2D eigenvalue weighted by Crippen LogP contribution is -2.10. The van der Waals surface area contributed by atoms with E-state index in [1.54, 1.807) is 12.1 Å². The van der Waals surface area contributed by atoms with Gasteiger partial charge >= 0.3 is 0 Å². The fourth-order valence-electron chi connectivity index (χ4n) is 2.83. The van der Waals surface area contributed by atoms with Gasteiger partial charge in [0.05, 0.1) is 18.4 Å². The minimum absolute atomic E-state index is 0.0592. The van der Waals surface area contributed by atoms with Crippen LogP contribution in [0.5, 0.6) is 0 Å². The highest BCUT2D eigenvalue weighted by atomic mass is 19.2. The van der Waals surface area contributed by atoms with Crippen LogP contribution in [-0.4, -0.2) is 30.8 Å². The van der Waals surface area contributed by atoms with Crippen LogP contribution in [0.2, 0.25) is 0 Å². The summed E-state index contributed by atoms with van der Waals surface area (Å²) in [5, 5.41) is 10.8. The lowest BCUT2D eigenvalue weighted by Gasteiger charge is -2.07. The van der Waals surface area contributed by atoms with Crippen LogP contribution in [0.1, 0.15) is 12.5 Å². The number of hydrogen-bond donors (Lipinski definition) is 2. The standard InChI is InChI=1S/C19H15F2N7O2/c1-10(29)24-15-8-23-19(25-18(15)22)14-7-16(13-5-6-30-27-13)28(26-14)9-11-3-2-4-12(20)17(11)21/h2-8H,9H2,1H3,(H,24,29)(H2,22,23,25). The quantitative estimate of drug-likeness (QED) is 0.517. The van der Waals surface area contributed by atoms with E-state index >= 15 is 0 Å². The van der Waals surface area contributed by atoms with Crippen molar-refractivity contribution < 1.29 is 18.1 Å². The maximum atomic E-state index is 14.2. The zero-order valence-corrected chi connectivity index (χ0v) is 15.6. The van der Waals surface area contributed by atoms with Crippen LogP contribution in [-0.2, 0) is 11.3 Å². The summed E-state index contributed by atoms with van der Waals surface area (Å²) < 4.78 is 34.1. The second-order valence-electron chi connectivity index (χ2n) is 6.34. The van der Waals surface area contributed by atoms with Gasteiger partial charge in [0.25, 0.3) is 0 Å². The van der Waals surface area contributed by atoms with E-state index in [4.69, 9.17) is 10.3 Å². The molecule has 0 aliphatic rings. The Morgan fingerprint density at radius 3 is 2.80 bits per heavy atom. The Morgan fingerprint density at radius 1 is 1.27 bits per heavy atom. The lowest BCUT2D eigenvalue weighted by atomic mass is 10.2. The Hall–Kier alpha value is -4.15. The first-order valence-corrected chi connectivity index (χ1v) is 8.74. The van der Waals surface area contributed by atoms with Crippen molar-refractivity contribution >= 4 is 17.4 Å². The second-order valence-corrected chi connectivity index (χ2v) is 6.34. The fraction of sp³-hybridized carbons (Fsp3) is 0.105. The third kappa shape index (κ3) is 3.72. The Labute approximate surface area is 168 Å². The van der Waals surface area contributed by atoms with Gasteiger partial charge in [-0.1, -0.05) is 17.3 Å². The summed E-state index contributed by atoms with van der Waals surface area (Å²) >= 11 is 0. The molecule has 1 amide bonds. The highest BCUT2D eigenvalue weighted by molar-refractivity contribution is 5.91. The number of benzene rings is 1. The van der Waals surface area contributed by atoms with Crippen LogP contribution >= 0.6 is 0 Å². The Balaban J connectivity index is 1.76. The third-order valence-electron chi connectivity index (χ3n) is 4.19. The molecule has 0 radical (unpaired) electrons. The van der Waals surface area contributed by atoms with E-state index in [0.29, 0.717) is 17.1 Å². The van der Waals surface area contributed by atoms with Crippen molar-refractivity contribution in [3.63, 3.8) is 0 Å². The molecule has 3 N–H and O–H groups in total. The van der Waals surface area contributed by atoms with Crippen molar-refractivity contribution in [1.29, 1.82) is 0 Å².